The SMILES string of the molecule is CCN(CC)C[C@H](O)Cn1c2ccc(Br)cc2c2cc(Br)ccc21. The van der Waals surface area contributed by atoms with E-state index in [2.05, 4.69) is 91.6 Å². The number of hydrogen-bond donors (Lipinski definition) is 1. The van der Waals surface area contributed by atoms with E-state index >= 15 is 0 Å². The van der Waals surface area contributed by atoms with Crippen molar-refractivity contribution in [3.8, 4) is 0 Å². The molecule has 0 aliphatic rings. The highest BCUT2D eigenvalue weighted by atomic mass is 79.9. The molecule has 0 aliphatic carbocycles. The van der Waals surface area contributed by atoms with Crippen molar-refractivity contribution in [1.82, 2.24) is 9.47 Å². The summed E-state index contributed by atoms with van der Waals surface area (Å²) >= 11 is 7.14. The molecule has 1 aromatic heterocycles. The first-order valence-electron chi connectivity index (χ1n) is 8.31. The Morgan fingerprint density at radius 1 is 0.958 bits per heavy atom. The maximum Gasteiger partial charge on any atom is 0.0845 e. The van der Waals surface area contributed by atoms with Crippen LogP contribution in [0.1, 0.15) is 13.8 Å². The quantitative estimate of drug-likeness (QED) is 0.567. The van der Waals surface area contributed by atoms with Crippen LogP contribution in [0.2, 0.25) is 0 Å². The normalized spacial score (nSPS) is 13.2. The molecular weight excluding hydrogens is 432 g/mol. The van der Waals surface area contributed by atoms with Gasteiger partial charge in [-0.15, -0.1) is 0 Å². The molecule has 0 aliphatic heterocycles. The third kappa shape index (κ3) is 3.54. The molecule has 0 radical (unpaired) electrons. The van der Waals surface area contributed by atoms with Crippen LogP contribution in [0.15, 0.2) is 45.3 Å². The molecule has 1 heterocycles. The molecule has 0 spiro atoms. The summed E-state index contributed by atoms with van der Waals surface area (Å²) in [5.74, 6) is 0. The van der Waals surface area contributed by atoms with Gasteiger partial charge in [-0.25, -0.2) is 0 Å². The fourth-order valence-electron chi connectivity index (χ4n) is 3.29. The number of aliphatic hydroxyl groups excluding tert-OH is 1. The van der Waals surface area contributed by atoms with Crippen LogP contribution in [0.25, 0.3) is 21.8 Å². The molecule has 1 N–H and O–H groups in total. The average Bonchev–Trinajstić information content (AvgIpc) is 2.85. The molecule has 5 heteroatoms. The molecule has 0 fully saturated rings. The van der Waals surface area contributed by atoms with Crippen LogP contribution >= 0.6 is 31.9 Å². The molecule has 0 amide bonds. The summed E-state index contributed by atoms with van der Waals surface area (Å²) in [6.07, 6.45) is -0.393. The Labute approximate surface area is 159 Å². The lowest BCUT2D eigenvalue weighted by atomic mass is 10.2. The van der Waals surface area contributed by atoms with Gasteiger partial charge in [-0.05, 0) is 49.5 Å². The zero-order valence-corrected chi connectivity index (χ0v) is 17.1. The fourth-order valence-corrected chi connectivity index (χ4v) is 4.02. The number of benzene rings is 2. The number of rotatable bonds is 6. The van der Waals surface area contributed by atoms with Gasteiger partial charge in [0.15, 0.2) is 0 Å². The Hall–Kier alpha value is -0.880. The van der Waals surface area contributed by atoms with Gasteiger partial charge in [0.2, 0.25) is 0 Å². The van der Waals surface area contributed by atoms with Gasteiger partial charge >= 0.3 is 0 Å². The lowest BCUT2D eigenvalue weighted by Crippen LogP contribution is -2.34. The van der Waals surface area contributed by atoms with Crippen molar-refractivity contribution in [1.29, 1.82) is 0 Å². The van der Waals surface area contributed by atoms with E-state index in [-0.39, 0.29) is 0 Å². The molecule has 0 unspecified atom stereocenters. The molecule has 24 heavy (non-hydrogen) atoms. The number of nitrogens with zero attached hydrogens (tertiary/aromatic N) is 2. The summed E-state index contributed by atoms with van der Waals surface area (Å²) in [7, 11) is 0. The molecule has 3 nitrogen and oxygen atoms in total. The van der Waals surface area contributed by atoms with E-state index in [1.165, 1.54) is 10.8 Å². The van der Waals surface area contributed by atoms with E-state index in [4.69, 9.17) is 0 Å². The molecule has 0 bridgehead atoms. The number of fused-ring (bicyclic) bond motifs is 3. The molecule has 128 valence electrons. The minimum Gasteiger partial charge on any atom is -0.390 e. The monoisotopic (exact) mass is 452 g/mol. The molecule has 1 atom stereocenters. The minimum absolute atomic E-state index is 0.393. The average molecular weight is 454 g/mol. The highest BCUT2D eigenvalue weighted by Gasteiger charge is 2.16. The largest absolute Gasteiger partial charge is 0.390 e. The summed E-state index contributed by atoms with van der Waals surface area (Å²) in [5, 5.41) is 13.0. The summed E-state index contributed by atoms with van der Waals surface area (Å²) < 4.78 is 4.37. The van der Waals surface area contributed by atoms with Gasteiger partial charge in [0.05, 0.1) is 12.6 Å². The van der Waals surface area contributed by atoms with E-state index in [9.17, 15) is 5.11 Å². The van der Waals surface area contributed by atoms with Gasteiger partial charge in [-0.1, -0.05) is 45.7 Å². The van der Waals surface area contributed by atoms with Crippen LogP contribution < -0.4 is 0 Å². The Balaban J connectivity index is 2.05. The van der Waals surface area contributed by atoms with Crippen molar-refractivity contribution >= 4 is 53.7 Å². The fraction of sp³-hybridized carbons (Fsp3) is 0.368. The molecule has 3 aromatic rings. The second kappa shape index (κ2) is 7.56. The van der Waals surface area contributed by atoms with Gasteiger partial charge < -0.3 is 14.6 Å². The van der Waals surface area contributed by atoms with E-state index in [0.717, 1.165) is 33.1 Å². The van der Waals surface area contributed by atoms with Crippen molar-refractivity contribution in [2.45, 2.75) is 26.5 Å². The maximum absolute atomic E-state index is 10.6. The van der Waals surface area contributed by atoms with Crippen LogP contribution in [0.3, 0.4) is 0 Å². The summed E-state index contributed by atoms with van der Waals surface area (Å²) in [4.78, 5) is 2.26. The first-order chi connectivity index (χ1) is 11.5. The zero-order valence-electron chi connectivity index (χ0n) is 14.0. The van der Waals surface area contributed by atoms with Crippen molar-refractivity contribution in [2.75, 3.05) is 19.6 Å². The standard InChI is InChI=1S/C19H22Br2N2O/c1-3-22(4-2)11-15(24)12-23-18-7-5-13(20)9-16(18)17-10-14(21)6-8-19(17)23/h5-10,15,24H,3-4,11-12H2,1-2H3/t15-/m0/s1. The van der Waals surface area contributed by atoms with Gasteiger partial charge in [0.1, 0.15) is 0 Å². The van der Waals surface area contributed by atoms with Crippen LogP contribution in [0.5, 0.6) is 0 Å². The summed E-state index contributed by atoms with van der Waals surface area (Å²) in [6.45, 7) is 7.47. The van der Waals surface area contributed by atoms with E-state index < -0.39 is 6.10 Å². The van der Waals surface area contributed by atoms with E-state index in [1.54, 1.807) is 0 Å². The maximum atomic E-state index is 10.6. The molecular formula is C19H22Br2N2O. The minimum atomic E-state index is -0.393. The lowest BCUT2D eigenvalue weighted by Gasteiger charge is -2.22. The Kier molecular flexibility index (Phi) is 5.65. The van der Waals surface area contributed by atoms with E-state index in [0.29, 0.717) is 13.1 Å². The van der Waals surface area contributed by atoms with Crippen molar-refractivity contribution < 1.29 is 5.11 Å². The zero-order chi connectivity index (χ0) is 17.3. The topological polar surface area (TPSA) is 28.4 Å². The van der Waals surface area contributed by atoms with Crippen LogP contribution in [0.4, 0.5) is 0 Å². The van der Waals surface area contributed by atoms with Gasteiger partial charge in [-0.2, -0.15) is 0 Å². The van der Waals surface area contributed by atoms with Gasteiger partial charge in [-0.3, -0.25) is 0 Å². The van der Waals surface area contributed by atoms with Crippen LogP contribution in [0, 0.1) is 0 Å². The summed E-state index contributed by atoms with van der Waals surface area (Å²) in [6, 6.07) is 12.7. The lowest BCUT2D eigenvalue weighted by molar-refractivity contribution is 0.105. The van der Waals surface area contributed by atoms with E-state index in [1.807, 2.05) is 0 Å². The number of likely N-dealkylation sites (N-methyl/N-ethyl adjacent to an activating group) is 1. The Bertz CT molecular complexity index is 796. The van der Waals surface area contributed by atoms with Gasteiger partial charge in [0, 0.05) is 37.3 Å². The number of hydrogen-bond acceptors (Lipinski definition) is 2. The van der Waals surface area contributed by atoms with Crippen molar-refractivity contribution in [3.05, 3.63) is 45.3 Å². The number of aliphatic hydroxyl groups is 1. The number of aromatic nitrogens is 1. The Morgan fingerprint density at radius 3 is 1.92 bits per heavy atom. The Morgan fingerprint density at radius 2 is 1.46 bits per heavy atom. The molecule has 3 rings (SSSR count). The van der Waals surface area contributed by atoms with Crippen molar-refractivity contribution in [2.24, 2.45) is 0 Å². The van der Waals surface area contributed by atoms with Crippen LogP contribution in [-0.2, 0) is 6.54 Å². The highest BCUT2D eigenvalue weighted by Crippen LogP contribution is 2.33. The first-order valence-corrected chi connectivity index (χ1v) is 9.89. The predicted molar refractivity (Wildman–Crippen MR) is 109 cm³/mol. The molecule has 2 aromatic carbocycles. The van der Waals surface area contributed by atoms with Gasteiger partial charge in [0.25, 0.3) is 0 Å². The number of halogens is 2. The van der Waals surface area contributed by atoms with Crippen molar-refractivity contribution in [3.63, 3.8) is 0 Å². The highest BCUT2D eigenvalue weighted by molar-refractivity contribution is 9.10. The second-order valence-electron chi connectivity index (χ2n) is 6.07. The third-order valence-electron chi connectivity index (χ3n) is 4.55. The third-order valence-corrected chi connectivity index (χ3v) is 5.53. The summed E-state index contributed by atoms with van der Waals surface area (Å²) in [5.41, 5.74) is 2.31. The smallest absolute Gasteiger partial charge is 0.0845 e. The molecule has 0 saturated heterocycles. The molecule has 0 saturated carbocycles. The first kappa shape index (κ1) is 17.9. The predicted octanol–water partition coefficient (Wildman–Crippen LogP) is 5.02. The van der Waals surface area contributed by atoms with Crippen LogP contribution in [-0.4, -0.2) is 40.3 Å². The second-order valence-corrected chi connectivity index (χ2v) is 7.90.